The molecule has 2 nitrogen and oxygen atoms in total. The molecule has 0 aromatic heterocycles. The number of carbonyl (C=O) groups is 1. The van der Waals surface area contributed by atoms with Crippen molar-refractivity contribution in [1.29, 1.82) is 0 Å². The van der Waals surface area contributed by atoms with Crippen molar-refractivity contribution in [3.8, 4) is 0 Å². The number of nitrogens with one attached hydrogen (secondary N) is 1. The van der Waals surface area contributed by atoms with Crippen molar-refractivity contribution in [2.24, 2.45) is 0 Å². The molecule has 1 rings (SSSR count). The molecule has 1 aromatic carbocycles. The summed E-state index contributed by atoms with van der Waals surface area (Å²) in [4.78, 5) is 11.7. The zero-order valence-electron chi connectivity index (χ0n) is 8.97. The van der Waals surface area contributed by atoms with Crippen molar-refractivity contribution >= 4 is 29.1 Å². The van der Waals surface area contributed by atoms with E-state index in [9.17, 15) is 4.79 Å². The van der Waals surface area contributed by atoms with E-state index in [-0.39, 0.29) is 5.91 Å². The van der Waals surface area contributed by atoms with Crippen LogP contribution in [0.15, 0.2) is 30.4 Å². The minimum atomic E-state index is -0.158. The van der Waals surface area contributed by atoms with Crippen LogP contribution in [-0.2, 0) is 0 Å². The van der Waals surface area contributed by atoms with Crippen LogP contribution < -0.4 is 5.32 Å². The Kier molecular flexibility index (Phi) is 5.36. The van der Waals surface area contributed by atoms with Gasteiger partial charge in [0, 0.05) is 22.2 Å². The molecule has 0 aliphatic carbocycles. The molecular formula is C12H13Cl2NO. The largest absolute Gasteiger partial charge is 0.352 e. The number of benzene rings is 1. The summed E-state index contributed by atoms with van der Waals surface area (Å²) in [5, 5.41) is 3.71. The zero-order valence-corrected chi connectivity index (χ0v) is 10.5. The van der Waals surface area contributed by atoms with Gasteiger partial charge in [0.25, 0.3) is 5.91 Å². The maximum absolute atomic E-state index is 11.7. The van der Waals surface area contributed by atoms with Gasteiger partial charge in [0.2, 0.25) is 0 Å². The van der Waals surface area contributed by atoms with Crippen molar-refractivity contribution in [3.05, 3.63) is 46.0 Å². The molecule has 0 aliphatic rings. The van der Waals surface area contributed by atoms with Crippen molar-refractivity contribution in [3.63, 3.8) is 0 Å². The first kappa shape index (κ1) is 13.1. The summed E-state index contributed by atoms with van der Waals surface area (Å²) in [6.07, 6.45) is 4.75. The van der Waals surface area contributed by atoms with E-state index in [1.165, 1.54) is 0 Å². The van der Waals surface area contributed by atoms with Gasteiger partial charge < -0.3 is 5.32 Å². The minimum absolute atomic E-state index is 0.158. The highest BCUT2D eigenvalue weighted by Crippen LogP contribution is 2.18. The van der Waals surface area contributed by atoms with Crippen LogP contribution in [0, 0.1) is 0 Å². The molecular weight excluding hydrogens is 245 g/mol. The van der Waals surface area contributed by atoms with Gasteiger partial charge in [0.05, 0.1) is 0 Å². The molecule has 4 heteroatoms. The number of amides is 1. The highest BCUT2D eigenvalue weighted by molar-refractivity contribution is 6.35. The molecule has 0 saturated carbocycles. The van der Waals surface area contributed by atoms with Crippen LogP contribution in [0.2, 0.25) is 10.0 Å². The third-order valence-corrected chi connectivity index (χ3v) is 2.39. The van der Waals surface area contributed by atoms with E-state index in [0.717, 1.165) is 6.42 Å². The van der Waals surface area contributed by atoms with Crippen LogP contribution in [-0.4, -0.2) is 12.5 Å². The van der Waals surface area contributed by atoms with Crippen LogP contribution >= 0.6 is 23.2 Å². The summed E-state index contributed by atoms with van der Waals surface area (Å²) >= 11 is 11.6. The molecule has 0 fully saturated rings. The average Bonchev–Trinajstić information content (AvgIpc) is 2.22. The Bertz CT molecular complexity index is 382. The highest BCUT2D eigenvalue weighted by Gasteiger charge is 2.06. The lowest BCUT2D eigenvalue weighted by Crippen LogP contribution is -2.24. The smallest absolute Gasteiger partial charge is 0.251 e. The van der Waals surface area contributed by atoms with Gasteiger partial charge >= 0.3 is 0 Å². The molecule has 0 aliphatic heterocycles. The van der Waals surface area contributed by atoms with E-state index in [1.807, 2.05) is 19.1 Å². The van der Waals surface area contributed by atoms with Crippen LogP contribution in [0.3, 0.4) is 0 Å². The van der Waals surface area contributed by atoms with E-state index in [2.05, 4.69) is 5.32 Å². The van der Waals surface area contributed by atoms with Gasteiger partial charge in [-0.3, -0.25) is 4.79 Å². The summed E-state index contributed by atoms with van der Waals surface area (Å²) in [5.74, 6) is -0.158. The molecule has 0 bridgehead atoms. The van der Waals surface area contributed by atoms with E-state index in [1.54, 1.807) is 18.2 Å². The van der Waals surface area contributed by atoms with Crippen LogP contribution in [0.5, 0.6) is 0 Å². The van der Waals surface area contributed by atoms with Gasteiger partial charge in [-0.2, -0.15) is 0 Å². The third-order valence-electron chi connectivity index (χ3n) is 1.96. The van der Waals surface area contributed by atoms with Crippen LogP contribution in [0.1, 0.15) is 23.7 Å². The Morgan fingerprint density at radius 3 is 2.50 bits per heavy atom. The molecule has 16 heavy (non-hydrogen) atoms. The first-order valence-electron chi connectivity index (χ1n) is 4.99. The Balaban J connectivity index is 2.59. The third kappa shape index (κ3) is 4.25. The lowest BCUT2D eigenvalue weighted by Gasteiger charge is -2.04. The fraction of sp³-hybridized carbons (Fsp3) is 0.250. The van der Waals surface area contributed by atoms with E-state index < -0.39 is 0 Å². The van der Waals surface area contributed by atoms with Crippen molar-refractivity contribution < 1.29 is 4.79 Å². The summed E-state index contributed by atoms with van der Waals surface area (Å²) < 4.78 is 0. The number of halogens is 2. The van der Waals surface area contributed by atoms with Crippen molar-refractivity contribution in [2.45, 2.75) is 13.3 Å². The predicted octanol–water partition coefficient (Wildman–Crippen LogP) is 3.69. The number of allylic oxidation sites excluding steroid dienone is 1. The molecule has 1 amide bonds. The molecule has 0 unspecified atom stereocenters. The minimum Gasteiger partial charge on any atom is -0.352 e. The number of carbonyl (C=O) groups excluding carboxylic acids is 1. The molecule has 0 atom stereocenters. The molecule has 86 valence electrons. The Hall–Kier alpha value is -0.990. The van der Waals surface area contributed by atoms with Crippen molar-refractivity contribution in [2.75, 3.05) is 6.54 Å². The Morgan fingerprint density at radius 1 is 1.31 bits per heavy atom. The SMILES string of the molecule is C/C=C/CCNC(=O)c1cc(Cl)cc(Cl)c1. The normalized spacial score (nSPS) is 10.7. The zero-order chi connectivity index (χ0) is 12.0. The first-order valence-corrected chi connectivity index (χ1v) is 5.74. The fourth-order valence-electron chi connectivity index (χ4n) is 1.22. The fourth-order valence-corrected chi connectivity index (χ4v) is 1.75. The quantitative estimate of drug-likeness (QED) is 0.647. The van der Waals surface area contributed by atoms with Gasteiger partial charge in [-0.05, 0) is 31.5 Å². The van der Waals surface area contributed by atoms with Crippen LogP contribution in [0.4, 0.5) is 0 Å². The molecule has 1 N–H and O–H groups in total. The van der Waals surface area contributed by atoms with E-state index in [0.29, 0.717) is 22.2 Å². The number of rotatable bonds is 4. The van der Waals surface area contributed by atoms with E-state index >= 15 is 0 Å². The topological polar surface area (TPSA) is 29.1 Å². The summed E-state index contributed by atoms with van der Waals surface area (Å²) in [6, 6.07) is 4.79. The van der Waals surface area contributed by atoms with Gasteiger partial charge in [-0.25, -0.2) is 0 Å². The molecule has 0 saturated heterocycles. The molecule has 1 aromatic rings. The first-order chi connectivity index (χ1) is 7.63. The number of hydrogen-bond donors (Lipinski definition) is 1. The van der Waals surface area contributed by atoms with Gasteiger partial charge in [-0.1, -0.05) is 35.4 Å². The molecule has 0 radical (unpaired) electrons. The monoisotopic (exact) mass is 257 g/mol. The number of hydrogen-bond acceptors (Lipinski definition) is 1. The maximum atomic E-state index is 11.7. The summed E-state index contributed by atoms with van der Waals surface area (Å²) in [5.41, 5.74) is 0.484. The Morgan fingerprint density at radius 2 is 1.94 bits per heavy atom. The second-order valence-electron chi connectivity index (χ2n) is 3.27. The molecule has 0 spiro atoms. The maximum Gasteiger partial charge on any atom is 0.251 e. The second-order valence-corrected chi connectivity index (χ2v) is 4.14. The molecule has 0 heterocycles. The van der Waals surface area contributed by atoms with Gasteiger partial charge in [0.1, 0.15) is 0 Å². The van der Waals surface area contributed by atoms with E-state index in [4.69, 9.17) is 23.2 Å². The lowest BCUT2D eigenvalue weighted by atomic mass is 10.2. The highest BCUT2D eigenvalue weighted by atomic mass is 35.5. The second kappa shape index (κ2) is 6.56. The summed E-state index contributed by atoms with van der Waals surface area (Å²) in [7, 11) is 0. The standard InChI is InChI=1S/C12H13Cl2NO/c1-2-3-4-5-15-12(16)9-6-10(13)8-11(14)7-9/h2-3,6-8H,4-5H2,1H3,(H,15,16)/b3-2+. The predicted molar refractivity (Wildman–Crippen MR) is 68.2 cm³/mol. The van der Waals surface area contributed by atoms with Gasteiger partial charge in [-0.15, -0.1) is 0 Å². The summed E-state index contributed by atoms with van der Waals surface area (Å²) in [6.45, 7) is 2.55. The van der Waals surface area contributed by atoms with Gasteiger partial charge in [0.15, 0.2) is 0 Å². The Labute approximate surface area is 105 Å². The lowest BCUT2D eigenvalue weighted by molar-refractivity contribution is 0.0954. The van der Waals surface area contributed by atoms with Crippen molar-refractivity contribution in [1.82, 2.24) is 5.32 Å². The van der Waals surface area contributed by atoms with Crippen LogP contribution in [0.25, 0.3) is 0 Å². The average molecular weight is 258 g/mol.